The zero-order chi connectivity index (χ0) is 28.4. The zero-order valence-corrected chi connectivity index (χ0v) is 24.3. The maximum absolute atomic E-state index is 14.7. The lowest BCUT2D eigenvalue weighted by molar-refractivity contribution is -0.154. The van der Waals surface area contributed by atoms with E-state index in [-0.39, 0.29) is 31.0 Å². The first kappa shape index (κ1) is 29.4. The number of thioether (sulfide) groups is 1. The predicted molar refractivity (Wildman–Crippen MR) is 156 cm³/mol. The lowest BCUT2D eigenvalue weighted by atomic mass is 9.66. The Kier molecular flexibility index (Phi) is 8.96. The number of carbonyl (C=O) groups is 3. The summed E-state index contributed by atoms with van der Waals surface area (Å²) < 4.78 is 4.36. The van der Waals surface area contributed by atoms with Gasteiger partial charge >= 0.3 is 5.97 Å². The fourth-order valence-electron chi connectivity index (χ4n) is 7.08. The summed E-state index contributed by atoms with van der Waals surface area (Å²) in [6.45, 7) is 14.6. The van der Waals surface area contributed by atoms with Gasteiger partial charge in [0.1, 0.15) is 12.6 Å². The number of amides is 2. The van der Waals surface area contributed by atoms with E-state index in [2.05, 4.69) is 13.2 Å². The van der Waals surface area contributed by atoms with Crippen molar-refractivity contribution in [2.24, 2.45) is 11.8 Å². The molecule has 0 saturated carbocycles. The summed E-state index contributed by atoms with van der Waals surface area (Å²) in [5.74, 6) is -1.82. The molecular weight excluding hydrogens is 512 g/mol. The Balaban J connectivity index is 1.76. The van der Waals surface area contributed by atoms with Gasteiger partial charge in [0, 0.05) is 30.1 Å². The van der Waals surface area contributed by atoms with Gasteiger partial charge < -0.3 is 19.6 Å². The monoisotopic (exact) mass is 554 g/mol. The molecule has 7 nitrogen and oxygen atoms in total. The van der Waals surface area contributed by atoms with E-state index in [1.807, 2.05) is 39.0 Å². The first-order valence-electron chi connectivity index (χ1n) is 14.0. The number of aliphatic hydroxyl groups is 1. The fourth-order valence-corrected chi connectivity index (χ4v) is 9.42. The molecule has 39 heavy (non-hydrogen) atoms. The first-order chi connectivity index (χ1) is 18.7. The number of carbonyl (C=O) groups excluding carboxylic acids is 3. The van der Waals surface area contributed by atoms with Gasteiger partial charge in [-0.2, -0.15) is 0 Å². The highest BCUT2D eigenvalue weighted by Crippen LogP contribution is 2.71. The second-order valence-electron chi connectivity index (χ2n) is 11.3. The normalized spacial score (nSPS) is 28.9. The van der Waals surface area contributed by atoms with E-state index < -0.39 is 27.4 Å². The molecule has 3 aliphatic heterocycles. The van der Waals surface area contributed by atoms with Crippen molar-refractivity contribution in [3.63, 3.8) is 0 Å². The van der Waals surface area contributed by atoms with E-state index in [0.717, 1.165) is 42.5 Å². The van der Waals surface area contributed by atoms with Gasteiger partial charge in [-0.1, -0.05) is 49.8 Å². The standard InChI is InChI=1S/C31H42N2O5S/c1-6-17-32(25-21(3)13-12-14-22(25)4)28(36)26-31-16-15-30(5,39-31)24(29(37)38-20-7-2)23(31)27(35)33(26)18-10-8-9-11-19-34/h6-7,12-14,23-24,26,34H,1-2,8-11,15-20H2,3-5H3/t23-,24+,26?,30-,31?/m0/s1. The van der Waals surface area contributed by atoms with Crippen LogP contribution < -0.4 is 4.90 Å². The Hall–Kier alpha value is -2.58. The molecule has 0 aliphatic carbocycles. The minimum absolute atomic E-state index is 0.0978. The van der Waals surface area contributed by atoms with Crippen LogP contribution in [0, 0.1) is 25.7 Å². The zero-order valence-electron chi connectivity index (χ0n) is 23.5. The number of aryl methyl sites for hydroxylation is 2. The SMILES string of the molecule is C=CCOC(=O)[C@H]1[C@H]2C(=O)N(CCCCCCO)C(C(=O)N(CC=C)c3c(C)cccc3C)C23CC[C@]1(C)S3. The average Bonchev–Trinajstić information content (AvgIpc) is 3.47. The summed E-state index contributed by atoms with van der Waals surface area (Å²) >= 11 is 1.66. The summed E-state index contributed by atoms with van der Waals surface area (Å²) in [5, 5.41) is 9.17. The van der Waals surface area contributed by atoms with E-state index in [9.17, 15) is 14.4 Å². The van der Waals surface area contributed by atoms with Crippen LogP contribution in [-0.4, -0.2) is 69.6 Å². The second-order valence-corrected chi connectivity index (χ2v) is 13.2. The molecule has 1 spiro atoms. The van der Waals surface area contributed by atoms with Crippen LogP contribution in [0.15, 0.2) is 43.5 Å². The summed E-state index contributed by atoms with van der Waals surface area (Å²) in [4.78, 5) is 45.9. The smallest absolute Gasteiger partial charge is 0.311 e. The number of hydrogen-bond acceptors (Lipinski definition) is 6. The number of ether oxygens (including phenoxy) is 1. The minimum Gasteiger partial charge on any atom is -0.461 e. The van der Waals surface area contributed by atoms with Gasteiger partial charge in [0.25, 0.3) is 5.91 Å². The van der Waals surface area contributed by atoms with Crippen LogP contribution in [0.2, 0.25) is 0 Å². The largest absolute Gasteiger partial charge is 0.461 e. The van der Waals surface area contributed by atoms with Gasteiger partial charge in [0.2, 0.25) is 5.91 Å². The quantitative estimate of drug-likeness (QED) is 0.218. The number of hydrogen-bond donors (Lipinski definition) is 1. The van der Waals surface area contributed by atoms with Gasteiger partial charge in [-0.15, -0.1) is 18.3 Å². The second kappa shape index (κ2) is 11.9. The molecule has 3 heterocycles. The van der Waals surface area contributed by atoms with E-state index >= 15 is 0 Å². The number of benzene rings is 1. The van der Waals surface area contributed by atoms with Crippen LogP contribution in [0.3, 0.4) is 0 Å². The third-order valence-electron chi connectivity index (χ3n) is 8.70. The van der Waals surface area contributed by atoms with Crippen molar-refractivity contribution in [3.8, 4) is 0 Å². The molecule has 0 aromatic heterocycles. The molecule has 5 atom stereocenters. The van der Waals surface area contributed by atoms with Gasteiger partial charge in [-0.3, -0.25) is 14.4 Å². The Bertz CT molecular complexity index is 1120. The molecule has 1 aromatic rings. The number of rotatable bonds is 13. The Morgan fingerprint density at radius 2 is 1.85 bits per heavy atom. The molecule has 2 bridgehead atoms. The third kappa shape index (κ3) is 5.06. The molecular formula is C31H42N2O5S. The van der Waals surface area contributed by atoms with Gasteiger partial charge in [-0.05, 0) is 57.6 Å². The topological polar surface area (TPSA) is 87.1 Å². The molecule has 3 saturated heterocycles. The van der Waals surface area contributed by atoms with Gasteiger partial charge in [0.05, 0.1) is 16.6 Å². The Morgan fingerprint density at radius 1 is 1.15 bits per heavy atom. The highest BCUT2D eigenvalue weighted by Gasteiger charge is 2.77. The van der Waals surface area contributed by atoms with Crippen molar-refractivity contribution in [1.29, 1.82) is 0 Å². The van der Waals surface area contributed by atoms with E-state index in [1.54, 1.807) is 27.6 Å². The van der Waals surface area contributed by atoms with Crippen LogP contribution in [0.4, 0.5) is 5.69 Å². The van der Waals surface area contributed by atoms with Crippen LogP contribution in [0.1, 0.15) is 56.6 Å². The Labute approximate surface area is 236 Å². The van der Waals surface area contributed by atoms with Crippen LogP contribution in [-0.2, 0) is 19.1 Å². The van der Waals surface area contributed by atoms with Crippen LogP contribution in [0.25, 0.3) is 0 Å². The van der Waals surface area contributed by atoms with Crippen molar-refractivity contribution < 1.29 is 24.2 Å². The third-order valence-corrected chi connectivity index (χ3v) is 10.7. The minimum atomic E-state index is -0.693. The fraction of sp³-hybridized carbons (Fsp3) is 0.581. The number of esters is 1. The van der Waals surface area contributed by atoms with Gasteiger partial charge in [0.15, 0.2) is 0 Å². The molecule has 4 rings (SSSR count). The molecule has 1 aromatic carbocycles. The number of para-hydroxylation sites is 1. The van der Waals surface area contributed by atoms with Crippen molar-refractivity contribution >= 4 is 35.2 Å². The number of nitrogens with zero attached hydrogens (tertiary/aromatic N) is 2. The number of aliphatic hydroxyl groups excluding tert-OH is 1. The molecule has 1 N–H and O–H groups in total. The molecule has 2 unspecified atom stereocenters. The first-order valence-corrected chi connectivity index (χ1v) is 14.9. The van der Waals surface area contributed by atoms with Crippen molar-refractivity contribution in [3.05, 3.63) is 54.6 Å². The van der Waals surface area contributed by atoms with Crippen molar-refractivity contribution in [1.82, 2.24) is 4.90 Å². The number of fused-ring (bicyclic) bond motifs is 1. The summed E-state index contributed by atoms with van der Waals surface area (Å²) in [7, 11) is 0. The molecule has 3 aliphatic rings. The van der Waals surface area contributed by atoms with Crippen molar-refractivity contribution in [2.45, 2.75) is 74.8 Å². The van der Waals surface area contributed by atoms with Crippen LogP contribution >= 0.6 is 11.8 Å². The predicted octanol–water partition coefficient (Wildman–Crippen LogP) is 4.59. The maximum atomic E-state index is 14.7. The number of anilines is 1. The molecule has 0 radical (unpaired) electrons. The maximum Gasteiger partial charge on any atom is 0.311 e. The summed E-state index contributed by atoms with van der Waals surface area (Å²) in [6.07, 6.45) is 7.87. The molecule has 3 fully saturated rings. The number of unbranched alkanes of at least 4 members (excludes halogenated alkanes) is 3. The van der Waals surface area contributed by atoms with Gasteiger partial charge in [-0.25, -0.2) is 0 Å². The average molecular weight is 555 g/mol. The molecule has 8 heteroatoms. The van der Waals surface area contributed by atoms with E-state index in [1.165, 1.54) is 6.08 Å². The van der Waals surface area contributed by atoms with E-state index in [4.69, 9.17) is 9.84 Å². The van der Waals surface area contributed by atoms with Crippen molar-refractivity contribution in [2.75, 3.05) is 31.2 Å². The highest BCUT2D eigenvalue weighted by molar-refractivity contribution is 8.02. The lowest BCUT2D eigenvalue weighted by Crippen LogP contribution is -2.55. The Morgan fingerprint density at radius 3 is 2.49 bits per heavy atom. The highest BCUT2D eigenvalue weighted by atomic mass is 32.2. The summed E-state index contributed by atoms with van der Waals surface area (Å²) in [5.41, 5.74) is 2.82. The van der Waals surface area contributed by atoms with E-state index in [0.29, 0.717) is 25.9 Å². The lowest BCUT2D eigenvalue weighted by Gasteiger charge is -2.38. The number of likely N-dealkylation sites (tertiary alicyclic amines) is 1. The van der Waals surface area contributed by atoms with Crippen LogP contribution in [0.5, 0.6) is 0 Å². The molecule has 212 valence electrons. The molecule has 2 amide bonds. The summed E-state index contributed by atoms with van der Waals surface area (Å²) in [6, 6.07) is 5.28.